The summed E-state index contributed by atoms with van der Waals surface area (Å²) < 4.78 is 5.34. The Morgan fingerprint density at radius 3 is 2.92 bits per heavy atom. The first-order valence-corrected chi connectivity index (χ1v) is 5.83. The number of ether oxygens (including phenoxy) is 1. The lowest BCUT2D eigenvalue weighted by molar-refractivity contribution is 0.186. The average Bonchev–Trinajstić information content (AvgIpc) is 2.76. The smallest absolute Gasteiger partial charge is 0.0620 e. The lowest BCUT2D eigenvalue weighted by Crippen LogP contribution is -2.41. The number of hydrogen-bond donors (Lipinski definition) is 1. The van der Waals surface area contributed by atoms with E-state index >= 15 is 0 Å². The first-order valence-electron chi connectivity index (χ1n) is 5.30. The van der Waals surface area contributed by atoms with Crippen LogP contribution in [0.25, 0.3) is 0 Å². The Kier molecular flexibility index (Phi) is 3.47. The van der Waals surface area contributed by atoms with Crippen LogP contribution in [-0.2, 0) is 4.74 Å². The van der Waals surface area contributed by atoms with Gasteiger partial charge in [0.05, 0.1) is 6.61 Å². The van der Waals surface area contributed by atoms with Gasteiger partial charge in [-0.15, -0.1) is 11.6 Å². The second-order valence-electron chi connectivity index (χ2n) is 4.18. The summed E-state index contributed by atoms with van der Waals surface area (Å²) in [7, 11) is 0. The van der Waals surface area contributed by atoms with Crippen molar-refractivity contribution in [1.82, 2.24) is 5.32 Å². The molecule has 0 aromatic heterocycles. The first kappa shape index (κ1) is 9.75. The van der Waals surface area contributed by atoms with Crippen LogP contribution in [0.5, 0.6) is 0 Å². The maximum Gasteiger partial charge on any atom is 0.0620 e. The molecule has 2 aliphatic rings. The van der Waals surface area contributed by atoms with Crippen LogP contribution in [0.15, 0.2) is 0 Å². The summed E-state index contributed by atoms with van der Waals surface area (Å²) in [5.41, 5.74) is 0. The Morgan fingerprint density at radius 2 is 2.23 bits per heavy atom. The molecule has 0 aromatic carbocycles. The molecule has 1 N–H and O–H groups in total. The van der Waals surface area contributed by atoms with Crippen LogP contribution < -0.4 is 5.32 Å². The van der Waals surface area contributed by atoms with Gasteiger partial charge < -0.3 is 10.1 Å². The number of hydrogen-bond acceptors (Lipinski definition) is 2. The lowest BCUT2D eigenvalue weighted by atomic mass is 10.0. The summed E-state index contributed by atoms with van der Waals surface area (Å²) in [5, 5.41) is 3.67. The van der Waals surface area contributed by atoms with Crippen LogP contribution in [0.4, 0.5) is 0 Å². The third-order valence-corrected chi connectivity index (χ3v) is 3.63. The Hall–Kier alpha value is 0.210. The highest BCUT2D eigenvalue weighted by Gasteiger charge is 2.29. The minimum atomic E-state index is 0.591. The number of halogens is 1. The molecule has 2 fully saturated rings. The Morgan fingerprint density at radius 1 is 1.31 bits per heavy atom. The fourth-order valence-electron chi connectivity index (χ4n) is 2.41. The summed E-state index contributed by atoms with van der Waals surface area (Å²) in [6.45, 7) is 1.82. The molecule has 2 nitrogen and oxygen atoms in total. The van der Waals surface area contributed by atoms with Crippen LogP contribution in [0, 0.1) is 5.92 Å². The zero-order valence-corrected chi connectivity index (χ0v) is 8.72. The number of rotatable bonds is 3. The molecule has 0 radical (unpaired) electrons. The van der Waals surface area contributed by atoms with E-state index in [0.29, 0.717) is 18.0 Å². The van der Waals surface area contributed by atoms with E-state index in [1.807, 2.05) is 0 Å². The van der Waals surface area contributed by atoms with Crippen LogP contribution in [0.2, 0.25) is 0 Å². The molecule has 1 saturated heterocycles. The summed E-state index contributed by atoms with van der Waals surface area (Å²) in [4.78, 5) is 0. The van der Waals surface area contributed by atoms with Gasteiger partial charge in [-0.05, 0) is 25.2 Å². The van der Waals surface area contributed by atoms with Gasteiger partial charge in [0.25, 0.3) is 0 Å². The van der Waals surface area contributed by atoms with Crippen molar-refractivity contribution in [2.24, 2.45) is 5.92 Å². The van der Waals surface area contributed by atoms with Crippen molar-refractivity contribution in [2.45, 2.75) is 37.8 Å². The molecule has 3 heteroatoms. The van der Waals surface area contributed by atoms with E-state index in [-0.39, 0.29) is 0 Å². The van der Waals surface area contributed by atoms with Crippen molar-refractivity contribution in [2.75, 3.05) is 19.1 Å². The zero-order valence-electron chi connectivity index (χ0n) is 7.97. The van der Waals surface area contributed by atoms with Gasteiger partial charge in [-0.3, -0.25) is 0 Å². The molecule has 2 rings (SSSR count). The Bertz CT molecular complexity index is 159. The van der Waals surface area contributed by atoms with Crippen LogP contribution >= 0.6 is 11.6 Å². The summed E-state index contributed by atoms with van der Waals surface area (Å²) in [6.07, 6.45) is 5.11. The van der Waals surface area contributed by atoms with Gasteiger partial charge in [-0.1, -0.05) is 6.42 Å². The van der Waals surface area contributed by atoms with Gasteiger partial charge in [0, 0.05) is 24.6 Å². The molecule has 0 aromatic rings. The van der Waals surface area contributed by atoms with Crippen molar-refractivity contribution in [3.8, 4) is 0 Å². The van der Waals surface area contributed by atoms with Crippen molar-refractivity contribution < 1.29 is 4.74 Å². The molecule has 3 atom stereocenters. The number of alkyl halides is 1. The topological polar surface area (TPSA) is 21.3 Å². The van der Waals surface area contributed by atoms with E-state index in [1.54, 1.807) is 0 Å². The molecule has 3 unspecified atom stereocenters. The molecule has 0 amide bonds. The SMILES string of the molecule is ClCC1CCCC1NC1CCOC1. The quantitative estimate of drug-likeness (QED) is 0.707. The second kappa shape index (κ2) is 4.63. The van der Waals surface area contributed by atoms with Crippen LogP contribution in [0.1, 0.15) is 25.7 Å². The van der Waals surface area contributed by atoms with Crippen LogP contribution in [-0.4, -0.2) is 31.2 Å². The third-order valence-electron chi connectivity index (χ3n) is 3.24. The van der Waals surface area contributed by atoms with Crippen molar-refractivity contribution in [1.29, 1.82) is 0 Å². The maximum atomic E-state index is 5.92. The predicted molar refractivity (Wildman–Crippen MR) is 54.2 cm³/mol. The predicted octanol–water partition coefficient (Wildman–Crippen LogP) is 1.77. The molecule has 1 heterocycles. The molecule has 0 spiro atoms. The van der Waals surface area contributed by atoms with E-state index in [2.05, 4.69) is 5.32 Å². The lowest BCUT2D eigenvalue weighted by Gasteiger charge is -2.22. The molecular weight excluding hydrogens is 186 g/mol. The van der Waals surface area contributed by atoms with Crippen molar-refractivity contribution in [3.05, 3.63) is 0 Å². The van der Waals surface area contributed by atoms with Crippen LogP contribution in [0.3, 0.4) is 0 Å². The summed E-state index contributed by atoms with van der Waals surface area (Å²) in [5.74, 6) is 1.51. The van der Waals surface area contributed by atoms with Gasteiger partial charge in [0.15, 0.2) is 0 Å². The zero-order chi connectivity index (χ0) is 9.10. The normalized spacial score (nSPS) is 39.9. The minimum Gasteiger partial charge on any atom is -0.380 e. The molecule has 1 aliphatic heterocycles. The summed E-state index contributed by atoms with van der Waals surface area (Å²) >= 11 is 5.92. The second-order valence-corrected chi connectivity index (χ2v) is 4.49. The van der Waals surface area contributed by atoms with Crippen molar-refractivity contribution in [3.63, 3.8) is 0 Å². The molecule has 13 heavy (non-hydrogen) atoms. The maximum absolute atomic E-state index is 5.92. The standard InChI is InChI=1S/C10H18ClNO/c11-6-8-2-1-3-10(8)12-9-4-5-13-7-9/h8-10,12H,1-7H2. The van der Waals surface area contributed by atoms with E-state index in [0.717, 1.165) is 19.1 Å². The fraction of sp³-hybridized carbons (Fsp3) is 1.00. The highest BCUT2D eigenvalue weighted by molar-refractivity contribution is 6.18. The van der Waals surface area contributed by atoms with Gasteiger partial charge in [-0.2, -0.15) is 0 Å². The fourth-order valence-corrected chi connectivity index (χ4v) is 2.78. The summed E-state index contributed by atoms with van der Waals surface area (Å²) in [6, 6.07) is 1.25. The minimum absolute atomic E-state index is 0.591. The van der Waals surface area contributed by atoms with Gasteiger partial charge in [-0.25, -0.2) is 0 Å². The molecular formula is C10H18ClNO. The van der Waals surface area contributed by atoms with E-state index < -0.39 is 0 Å². The third kappa shape index (κ3) is 2.36. The Balaban J connectivity index is 1.79. The molecule has 1 saturated carbocycles. The number of nitrogens with one attached hydrogen (secondary N) is 1. The Labute approximate surface area is 85.0 Å². The van der Waals surface area contributed by atoms with Gasteiger partial charge >= 0.3 is 0 Å². The molecule has 0 bridgehead atoms. The van der Waals surface area contributed by atoms with E-state index in [4.69, 9.17) is 16.3 Å². The van der Waals surface area contributed by atoms with Gasteiger partial charge in [0.1, 0.15) is 0 Å². The molecule has 76 valence electrons. The van der Waals surface area contributed by atoms with E-state index in [1.165, 1.54) is 25.7 Å². The highest BCUT2D eigenvalue weighted by Crippen LogP contribution is 2.27. The largest absolute Gasteiger partial charge is 0.380 e. The van der Waals surface area contributed by atoms with E-state index in [9.17, 15) is 0 Å². The molecule has 1 aliphatic carbocycles. The van der Waals surface area contributed by atoms with Crippen molar-refractivity contribution >= 4 is 11.6 Å². The monoisotopic (exact) mass is 203 g/mol. The highest BCUT2D eigenvalue weighted by atomic mass is 35.5. The first-order chi connectivity index (χ1) is 6.40. The van der Waals surface area contributed by atoms with Gasteiger partial charge in [0.2, 0.25) is 0 Å². The average molecular weight is 204 g/mol.